The standard InChI is InChI=1S/C20H24N2O3S2/c1-26-14-12-19(20(23)21-16-18-10-6-3-7-11-18)22-27(24,25)15-13-17-8-4-2-5-9-17/h2-11,13,15,19,22H,12,14,16H2,1H3,(H,21,23)/b15-13+/t19-/m0/s1. The molecule has 0 unspecified atom stereocenters. The van der Waals surface area contributed by atoms with E-state index in [4.69, 9.17) is 0 Å². The van der Waals surface area contributed by atoms with Crippen LogP contribution in [0.25, 0.3) is 6.08 Å². The highest BCUT2D eigenvalue weighted by Crippen LogP contribution is 2.07. The molecule has 0 bridgehead atoms. The molecule has 0 radical (unpaired) electrons. The smallest absolute Gasteiger partial charge is 0.238 e. The zero-order valence-corrected chi connectivity index (χ0v) is 16.8. The van der Waals surface area contributed by atoms with E-state index in [0.29, 0.717) is 18.7 Å². The van der Waals surface area contributed by atoms with E-state index in [2.05, 4.69) is 10.0 Å². The third kappa shape index (κ3) is 7.99. The molecule has 2 aromatic rings. The minimum absolute atomic E-state index is 0.329. The summed E-state index contributed by atoms with van der Waals surface area (Å²) in [5.74, 6) is 0.346. The number of nitrogens with one attached hydrogen (secondary N) is 2. The Hall–Kier alpha value is -2.09. The molecule has 2 aromatic carbocycles. The number of benzene rings is 2. The predicted octanol–water partition coefficient (Wildman–Crippen LogP) is 3.01. The van der Waals surface area contributed by atoms with Crippen molar-refractivity contribution in [2.45, 2.75) is 19.0 Å². The lowest BCUT2D eigenvalue weighted by Crippen LogP contribution is -2.46. The van der Waals surface area contributed by atoms with Gasteiger partial charge in [0.05, 0.1) is 0 Å². The molecular formula is C20H24N2O3S2. The molecule has 144 valence electrons. The molecule has 1 atom stereocenters. The maximum Gasteiger partial charge on any atom is 0.238 e. The number of carbonyl (C=O) groups excluding carboxylic acids is 1. The van der Waals surface area contributed by atoms with Gasteiger partial charge in [-0.1, -0.05) is 60.7 Å². The number of rotatable bonds is 10. The number of carbonyl (C=O) groups is 1. The minimum Gasteiger partial charge on any atom is -0.351 e. The van der Waals surface area contributed by atoms with E-state index in [9.17, 15) is 13.2 Å². The summed E-state index contributed by atoms with van der Waals surface area (Å²) in [6.45, 7) is 0.358. The Morgan fingerprint density at radius 2 is 1.70 bits per heavy atom. The molecule has 0 aromatic heterocycles. The van der Waals surface area contributed by atoms with Crippen LogP contribution in [0.3, 0.4) is 0 Å². The van der Waals surface area contributed by atoms with Crippen LogP contribution in [-0.2, 0) is 21.4 Å². The molecule has 1 amide bonds. The fourth-order valence-electron chi connectivity index (χ4n) is 2.36. The lowest BCUT2D eigenvalue weighted by Gasteiger charge is -2.17. The molecule has 7 heteroatoms. The van der Waals surface area contributed by atoms with Crippen LogP contribution in [0.4, 0.5) is 0 Å². The lowest BCUT2D eigenvalue weighted by molar-refractivity contribution is -0.122. The number of hydrogen-bond donors (Lipinski definition) is 2. The van der Waals surface area contributed by atoms with Crippen LogP contribution in [0.15, 0.2) is 66.1 Å². The molecule has 0 saturated heterocycles. The van der Waals surface area contributed by atoms with Crippen molar-refractivity contribution in [3.63, 3.8) is 0 Å². The second-order valence-corrected chi connectivity index (χ2v) is 8.50. The highest BCUT2D eigenvalue weighted by Gasteiger charge is 2.22. The molecule has 0 aliphatic rings. The zero-order chi connectivity index (χ0) is 19.5. The first kappa shape index (κ1) is 21.2. The molecule has 0 saturated carbocycles. The van der Waals surface area contributed by atoms with Gasteiger partial charge in [-0.05, 0) is 35.6 Å². The maximum absolute atomic E-state index is 12.5. The van der Waals surface area contributed by atoms with Crippen molar-refractivity contribution in [3.8, 4) is 0 Å². The number of thioether (sulfide) groups is 1. The summed E-state index contributed by atoms with van der Waals surface area (Å²) in [7, 11) is -3.74. The van der Waals surface area contributed by atoms with Gasteiger partial charge in [-0.3, -0.25) is 4.79 Å². The van der Waals surface area contributed by atoms with Gasteiger partial charge in [-0.25, -0.2) is 8.42 Å². The summed E-state index contributed by atoms with van der Waals surface area (Å²) < 4.78 is 27.2. The number of hydrogen-bond acceptors (Lipinski definition) is 4. The number of amides is 1. The van der Waals surface area contributed by atoms with Crippen LogP contribution in [0.2, 0.25) is 0 Å². The Labute approximate surface area is 165 Å². The van der Waals surface area contributed by atoms with Crippen molar-refractivity contribution in [2.24, 2.45) is 0 Å². The van der Waals surface area contributed by atoms with E-state index < -0.39 is 16.1 Å². The summed E-state index contributed by atoms with van der Waals surface area (Å²) in [6.07, 6.45) is 3.85. The molecule has 27 heavy (non-hydrogen) atoms. The monoisotopic (exact) mass is 404 g/mol. The first-order valence-corrected chi connectivity index (χ1v) is 11.5. The SMILES string of the molecule is CSCC[C@H](NS(=O)(=O)/C=C/c1ccccc1)C(=O)NCc1ccccc1. The highest BCUT2D eigenvalue weighted by atomic mass is 32.2. The first-order chi connectivity index (χ1) is 13.0. The van der Waals surface area contributed by atoms with Gasteiger partial charge in [0.15, 0.2) is 0 Å². The largest absolute Gasteiger partial charge is 0.351 e. The molecule has 0 heterocycles. The van der Waals surface area contributed by atoms with Crippen molar-refractivity contribution in [2.75, 3.05) is 12.0 Å². The van der Waals surface area contributed by atoms with Crippen LogP contribution in [0.1, 0.15) is 17.5 Å². The third-order valence-electron chi connectivity index (χ3n) is 3.78. The average Bonchev–Trinajstić information content (AvgIpc) is 2.69. The van der Waals surface area contributed by atoms with Crippen LogP contribution >= 0.6 is 11.8 Å². The Bertz CT molecular complexity index is 838. The van der Waals surface area contributed by atoms with E-state index >= 15 is 0 Å². The molecule has 0 fully saturated rings. The van der Waals surface area contributed by atoms with E-state index in [1.165, 1.54) is 6.08 Å². The fraction of sp³-hybridized carbons (Fsp3) is 0.250. The van der Waals surface area contributed by atoms with Crippen LogP contribution in [0, 0.1) is 0 Å². The predicted molar refractivity (Wildman–Crippen MR) is 113 cm³/mol. The van der Waals surface area contributed by atoms with Crippen LogP contribution in [0.5, 0.6) is 0 Å². The van der Waals surface area contributed by atoms with Crippen molar-refractivity contribution >= 4 is 33.8 Å². The van der Waals surface area contributed by atoms with E-state index in [1.54, 1.807) is 11.8 Å². The summed E-state index contributed by atoms with van der Waals surface area (Å²) in [4.78, 5) is 12.5. The van der Waals surface area contributed by atoms with Crippen molar-refractivity contribution in [1.82, 2.24) is 10.0 Å². The molecule has 2 rings (SSSR count). The van der Waals surface area contributed by atoms with Gasteiger partial charge in [0.1, 0.15) is 6.04 Å². The third-order valence-corrected chi connectivity index (χ3v) is 5.53. The Morgan fingerprint density at radius 3 is 2.33 bits per heavy atom. The van der Waals surface area contributed by atoms with Gasteiger partial charge in [0.2, 0.25) is 15.9 Å². The van der Waals surface area contributed by atoms with E-state index in [1.807, 2.05) is 66.9 Å². The summed E-state index contributed by atoms with van der Waals surface area (Å²) in [5, 5.41) is 3.90. The Balaban J connectivity index is 2.01. The second kappa shape index (κ2) is 10.9. The molecule has 2 N–H and O–H groups in total. The summed E-state index contributed by atoms with van der Waals surface area (Å²) in [5.41, 5.74) is 1.73. The second-order valence-electron chi connectivity index (χ2n) is 5.91. The zero-order valence-electron chi connectivity index (χ0n) is 15.2. The van der Waals surface area contributed by atoms with Crippen molar-refractivity contribution in [3.05, 3.63) is 77.2 Å². The lowest BCUT2D eigenvalue weighted by atomic mass is 10.2. The minimum atomic E-state index is -3.74. The van der Waals surface area contributed by atoms with E-state index in [0.717, 1.165) is 16.5 Å². The van der Waals surface area contributed by atoms with Gasteiger partial charge < -0.3 is 5.32 Å². The topological polar surface area (TPSA) is 75.3 Å². The van der Waals surface area contributed by atoms with Gasteiger partial charge in [0.25, 0.3) is 0 Å². The fourth-order valence-corrected chi connectivity index (χ4v) is 3.87. The molecule has 0 aliphatic heterocycles. The van der Waals surface area contributed by atoms with Crippen LogP contribution in [-0.4, -0.2) is 32.4 Å². The normalized spacial score (nSPS) is 12.8. The molecular weight excluding hydrogens is 380 g/mol. The van der Waals surface area contributed by atoms with Gasteiger partial charge in [-0.15, -0.1) is 0 Å². The van der Waals surface area contributed by atoms with E-state index in [-0.39, 0.29) is 5.91 Å². The molecule has 0 spiro atoms. The van der Waals surface area contributed by atoms with Gasteiger partial charge in [0, 0.05) is 12.0 Å². The highest BCUT2D eigenvalue weighted by molar-refractivity contribution is 7.98. The first-order valence-electron chi connectivity index (χ1n) is 8.56. The number of sulfonamides is 1. The van der Waals surface area contributed by atoms with Crippen LogP contribution < -0.4 is 10.0 Å². The summed E-state index contributed by atoms with van der Waals surface area (Å²) >= 11 is 1.57. The maximum atomic E-state index is 12.5. The van der Waals surface area contributed by atoms with Gasteiger partial charge >= 0.3 is 0 Å². The quantitative estimate of drug-likeness (QED) is 0.638. The average molecular weight is 405 g/mol. The summed E-state index contributed by atoms with van der Waals surface area (Å²) in [6, 6.07) is 17.8. The van der Waals surface area contributed by atoms with Crippen molar-refractivity contribution in [1.29, 1.82) is 0 Å². The Kier molecular flexibility index (Phi) is 8.57. The van der Waals surface area contributed by atoms with Gasteiger partial charge in [-0.2, -0.15) is 16.5 Å². The molecule has 0 aliphatic carbocycles. The Morgan fingerprint density at radius 1 is 1.07 bits per heavy atom. The van der Waals surface area contributed by atoms with Crippen molar-refractivity contribution < 1.29 is 13.2 Å². The molecule has 5 nitrogen and oxygen atoms in total.